The van der Waals surface area contributed by atoms with Crippen LogP contribution in [0.5, 0.6) is 0 Å². The fourth-order valence-electron chi connectivity index (χ4n) is 2.19. The molecule has 0 aliphatic rings. The Morgan fingerprint density at radius 3 is 2.38 bits per heavy atom. The van der Waals surface area contributed by atoms with Crippen molar-refractivity contribution < 1.29 is 13.2 Å². The Morgan fingerprint density at radius 2 is 1.90 bits per heavy atom. The molecule has 0 fully saturated rings. The molecule has 0 unspecified atom stereocenters. The molecule has 0 radical (unpaired) electrons. The minimum atomic E-state index is -3.29. The molecule has 0 bridgehead atoms. The van der Waals surface area contributed by atoms with Crippen LogP contribution in [0.2, 0.25) is 0 Å². The molecule has 1 aromatic rings. The second-order valence-electron chi connectivity index (χ2n) is 5.58. The van der Waals surface area contributed by atoms with Crippen molar-refractivity contribution in [2.24, 2.45) is 0 Å². The molecule has 0 atom stereocenters. The van der Waals surface area contributed by atoms with Crippen molar-refractivity contribution in [3.05, 3.63) is 29.3 Å². The summed E-state index contributed by atoms with van der Waals surface area (Å²) in [6.07, 6.45) is 1.30. The van der Waals surface area contributed by atoms with E-state index in [0.717, 1.165) is 23.1 Å². The van der Waals surface area contributed by atoms with Gasteiger partial charge >= 0.3 is 0 Å². The summed E-state index contributed by atoms with van der Waals surface area (Å²) in [4.78, 5) is 12.0. The molecule has 1 amide bonds. The number of hydrogen-bond acceptors (Lipinski definition) is 3. The Bertz CT molecular complexity index is 609. The van der Waals surface area contributed by atoms with E-state index in [4.69, 9.17) is 0 Å². The van der Waals surface area contributed by atoms with Crippen LogP contribution in [0.3, 0.4) is 0 Å². The van der Waals surface area contributed by atoms with Crippen LogP contribution in [-0.2, 0) is 14.8 Å². The third kappa shape index (κ3) is 5.47. The van der Waals surface area contributed by atoms with Gasteiger partial charge in [0.15, 0.2) is 0 Å². The number of aryl methyl sites for hydroxylation is 2. The molecular formula is C15H24N2O3S. The SMILES string of the molecule is Cc1ccc(NC(=O)CCN(C(C)C)S(C)(=O)=O)c(C)c1. The largest absolute Gasteiger partial charge is 0.326 e. The normalized spacial score (nSPS) is 12.0. The number of rotatable bonds is 6. The fourth-order valence-corrected chi connectivity index (χ4v) is 3.37. The Morgan fingerprint density at radius 1 is 1.29 bits per heavy atom. The molecule has 21 heavy (non-hydrogen) atoms. The Balaban J connectivity index is 2.65. The van der Waals surface area contributed by atoms with E-state index in [1.165, 1.54) is 4.31 Å². The first-order valence-electron chi connectivity index (χ1n) is 6.95. The highest BCUT2D eigenvalue weighted by Crippen LogP contribution is 2.16. The predicted molar refractivity (Wildman–Crippen MR) is 85.8 cm³/mol. The van der Waals surface area contributed by atoms with E-state index >= 15 is 0 Å². The first kappa shape index (κ1) is 17.7. The van der Waals surface area contributed by atoms with Gasteiger partial charge in [0.1, 0.15) is 0 Å². The molecule has 5 nitrogen and oxygen atoms in total. The number of carbonyl (C=O) groups excluding carboxylic acids is 1. The number of carbonyl (C=O) groups is 1. The molecule has 0 aromatic heterocycles. The third-order valence-electron chi connectivity index (χ3n) is 3.22. The van der Waals surface area contributed by atoms with Crippen LogP contribution in [-0.4, -0.2) is 37.5 Å². The topological polar surface area (TPSA) is 66.5 Å². The van der Waals surface area contributed by atoms with Gasteiger partial charge in [0.05, 0.1) is 6.26 Å². The maximum atomic E-state index is 12.0. The van der Waals surface area contributed by atoms with Gasteiger partial charge in [0.25, 0.3) is 0 Å². The van der Waals surface area contributed by atoms with Crippen molar-refractivity contribution in [2.75, 3.05) is 18.1 Å². The van der Waals surface area contributed by atoms with E-state index in [1.807, 2.05) is 32.0 Å². The molecule has 0 heterocycles. The second kappa shape index (κ2) is 7.04. The van der Waals surface area contributed by atoms with Crippen LogP contribution in [0, 0.1) is 13.8 Å². The summed E-state index contributed by atoms with van der Waals surface area (Å²) >= 11 is 0. The highest BCUT2D eigenvalue weighted by molar-refractivity contribution is 7.88. The van der Waals surface area contributed by atoms with Crippen molar-refractivity contribution >= 4 is 21.6 Å². The summed E-state index contributed by atoms with van der Waals surface area (Å²) in [5.74, 6) is -0.184. The van der Waals surface area contributed by atoms with E-state index in [9.17, 15) is 13.2 Å². The Labute approximate surface area is 127 Å². The lowest BCUT2D eigenvalue weighted by Crippen LogP contribution is -2.38. The van der Waals surface area contributed by atoms with Gasteiger partial charge in [-0.05, 0) is 39.3 Å². The smallest absolute Gasteiger partial charge is 0.225 e. The summed E-state index contributed by atoms with van der Waals surface area (Å²) in [7, 11) is -3.29. The first-order chi connectivity index (χ1) is 9.61. The van der Waals surface area contributed by atoms with Crippen LogP contribution in [0.15, 0.2) is 18.2 Å². The predicted octanol–water partition coefficient (Wildman–Crippen LogP) is 2.30. The number of hydrogen-bond donors (Lipinski definition) is 1. The van der Waals surface area contributed by atoms with Gasteiger partial charge in [-0.25, -0.2) is 8.42 Å². The number of amides is 1. The number of benzene rings is 1. The van der Waals surface area contributed by atoms with Crippen LogP contribution in [0.4, 0.5) is 5.69 Å². The first-order valence-corrected chi connectivity index (χ1v) is 8.80. The number of anilines is 1. The van der Waals surface area contributed by atoms with E-state index in [0.29, 0.717) is 0 Å². The molecule has 1 N–H and O–H groups in total. The number of sulfonamides is 1. The van der Waals surface area contributed by atoms with Gasteiger partial charge in [-0.15, -0.1) is 0 Å². The van der Waals surface area contributed by atoms with E-state index in [-0.39, 0.29) is 24.9 Å². The minimum absolute atomic E-state index is 0.137. The van der Waals surface area contributed by atoms with E-state index < -0.39 is 10.0 Å². The van der Waals surface area contributed by atoms with Crippen LogP contribution >= 0.6 is 0 Å². The molecule has 0 saturated heterocycles. The van der Waals surface area contributed by atoms with Crippen molar-refractivity contribution in [3.63, 3.8) is 0 Å². The molecule has 0 spiro atoms. The summed E-state index contributed by atoms with van der Waals surface area (Å²) in [6, 6.07) is 5.62. The number of nitrogens with one attached hydrogen (secondary N) is 1. The second-order valence-corrected chi connectivity index (χ2v) is 7.52. The lowest BCUT2D eigenvalue weighted by Gasteiger charge is -2.23. The molecule has 0 aliphatic heterocycles. The van der Waals surface area contributed by atoms with Gasteiger partial charge < -0.3 is 5.32 Å². The minimum Gasteiger partial charge on any atom is -0.326 e. The lowest BCUT2D eigenvalue weighted by molar-refractivity contribution is -0.116. The molecule has 6 heteroatoms. The summed E-state index contributed by atoms with van der Waals surface area (Å²) in [6.45, 7) is 7.70. The Kier molecular flexibility index (Phi) is 5.92. The maximum Gasteiger partial charge on any atom is 0.225 e. The molecule has 1 rings (SSSR count). The van der Waals surface area contributed by atoms with Gasteiger partial charge in [-0.1, -0.05) is 17.7 Å². The fraction of sp³-hybridized carbons (Fsp3) is 0.533. The van der Waals surface area contributed by atoms with Gasteiger partial charge in [-0.3, -0.25) is 4.79 Å². The van der Waals surface area contributed by atoms with Crippen LogP contribution < -0.4 is 5.32 Å². The quantitative estimate of drug-likeness (QED) is 0.876. The number of nitrogens with zero attached hydrogens (tertiary/aromatic N) is 1. The van der Waals surface area contributed by atoms with Crippen molar-refractivity contribution in [1.82, 2.24) is 4.31 Å². The zero-order chi connectivity index (χ0) is 16.2. The average Bonchev–Trinajstić information content (AvgIpc) is 2.30. The van der Waals surface area contributed by atoms with E-state index in [1.54, 1.807) is 13.8 Å². The Hall–Kier alpha value is -1.40. The van der Waals surface area contributed by atoms with Gasteiger partial charge in [0.2, 0.25) is 15.9 Å². The van der Waals surface area contributed by atoms with Gasteiger partial charge in [0, 0.05) is 24.7 Å². The average molecular weight is 312 g/mol. The molecule has 118 valence electrons. The van der Waals surface area contributed by atoms with Crippen molar-refractivity contribution in [3.8, 4) is 0 Å². The van der Waals surface area contributed by atoms with Gasteiger partial charge in [-0.2, -0.15) is 4.31 Å². The van der Waals surface area contributed by atoms with Crippen molar-refractivity contribution in [1.29, 1.82) is 0 Å². The lowest BCUT2D eigenvalue weighted by atomic mass is 10.1. The zero-order valence-corrected chi connectivity index (χ0v) is 14.1. The maximum absolute atomic E-state index is 12.0. The molecule has 1 aromatic carbocycles. The monoisotopic (exact) mass is 312 g/mol. The summed E-state index contributed by atoms with van der Waals surface area (Å²) in [5.41, 5.74) is 2.89. The molecular weight excluding hydrogens is 288 g/mol. The molecule has 0 saturated carbocycles. The standard InChI is InChI=1S/C15H24N2O3S/c1-11(2)17(21(5,19)20)9-8-15(18)16-14-7-6-12(3)10-13(14)4/h6-7,10-11H,8-9H2,1-5H3,(H,16,18). The van der Waals surface area contributed by atoms with E-state index in [2.05, 4.69) is 5.32 Å². The van der Waals surface area contributed by atoms with Crippen LogP contribution in [0.25, 0.3) is 0 Å². The highest BCUT2D eigenvalue weighted by Gasteiger charge is 2.20. The summed E-state index contributed by atoms with van der Waals surface area (Å²) < 4.78 is 24.6. The highest BCUT2D eigenvalue weighted by atomic mass is 32.2. The summed E-state index contributed by atoms with van der Waals surface area (Å²) in [5, 5.41) is 2.82. The van der Waals surface area contributed by atoms with Crippen molar-refractivity contribution in [2.45, 2.75) is 40.2 Å². The third-order valence-corrected chi connectivity index (χ3v) is 4.67. The zero-order valence-electron chi connectivity index (χ0n) is 13.3. The molecule has 0 aliphatic carbocycles. The van der Waals surface area contributed by atoms with Crippen LogP contribution in [0.1, 0.15) is 31.4 Å².